The number of carbonyl (C=O) groups is 1. The molecule has 0 aliphatic heterocycles. The molecule has 0 saturated carbocycles. The molecular formula is C10H12O4. The number of benzene rings is 1. The van der Waals surface area contributed by atoms with E-state index in [4.69, 9.17) is 5.11 Å². The fourth-order valence-corrected chi connectivity index (χ4v) is 1.03. The number of phenolic OH excluding ortho intramolecular Hbond substituents is 1. The van der Waals surface area contributed by atoms with E-state index in [1.54, 1.807) is 6.07 Å². The third-order valence-corrected chi connectivity index (χ3v) is 1.70. The van der Waals surface area contributed by atoms with E-state index in [0.717, 1.165) is 5.56 Å². The minimum atomic E-state index is -0.628. The lowest BCUT2D eigenvalue weighted by atomic mass is 10.1. The standard InChI is InChI=1S/C10H12O4/c1-7-2-3-8(9(12)6-7)10(13)14-5-4-11/h2-3,6,11-12H,4-5H2,1H3. The van der Waals surface area contributed by atoms with Crippen LogP contribution in [0.3, 0.4) is 0 Å². The van der Waals surface area contributed by atoms with Crippen molar-refractivity contribution in [2.75, 3.05) is 13.2 Å². The summed E-state index contributed by atoms with van der Waals surface area (Å²) in [4.78, 5) is 11.2. The van der Waals surface area contributed by atoms with Crippen molar-refractivity contribution in [3.05, 3.63) is 29.3 Å². The maximum atomic E-state index is 11.2. The molecule has 0 aliphatic rings. The Hall–Kier alpha value is -1.55. The monoisotopic (exact) mass is 196 g/mol. The number of esters is 1. The highest BCUT2D eigenvalue weighted by Crippen LogP contribution is 2.18. The molecule has 2 N–H and O–H groups in total. The van der Waals surface area contributed by atoms with Crippen LogP contribution in [0.25, 0.3) is 0 Å². The molecule has 0 unspecified atom stereocenters. The van der Waals surface area contributed by atoms with Crippen LogP contribution in [0.2, 0.25) is 0 Å². The first-order chi connectivity index (χ1) is 6.65. The van der Waals surface area contributed by atoms with Crippen LogP contribution in [0.1, 0.15) is 15.9 Å². The highest BCUT2D eigenvalue weighted by Gasteiger charge is 2.11. The summed E-state index contributed by atoms with van der Waals surface area (Å²) in [6.45, 7) is 1.52. The molecule has 0 heterocycles. The van der Waals surface area contributed by atoms with Gasteiger partial charge in [-0.15, -0.1) is 0 Å². The van der Waals surface area contributed by atoms with Gasteiger partial charge in [-0.05, 0) is 24.6 Å². The minimum absolute atomic E-state index is 0.0633. The number of rotatable bonds is 3. The summed E-state index contributed by atoms with van der Waals surface area (Å²) in [6, 6.07) is 4.68. The summed E-state index contributed by atoms with van der Waals surface area (Å²) >= 11 is 0. The van der Waals surface area contributed by atoms with Gasteiger partial charge < -0.3 is 14.9 Å². The molecule has 0 amide bonds. The van der Waals surface area contributed by atoms with E-state index < -0.39 is 5.97 Å². The number of phenols is 1. The van der Waals surface area contributed by atoms with E-state index in [1.165, 1.54) is 12.1 Å². The van der Waals surface area contributed by atoms with Gasteiger partial charge in [-0.3, -0.25) is 0 Å². The van der Waals surface area contributed by atoms with Crippen LogP contribution >= 0.6 is 0 Å². The van der Waals surface area contributed by atoms with Crippen molar-refractivity contribution in [3.63, 3.8) is 0 Å². The Kier molecular flexibility index (Phi) is 3.48. The number of aromatic hydroxyl groups is 1. The molecule has 1 rings (SSSR count). The van der Waals surface area contributed by atoms with Crippen molar-refractivity contribution in [2.45, 2.75) is 6.92 Å². The van der Waals surface area contributed by atoms with E-state index >= 15 is 0 Å². The first-order valence-electron chi connectivity index (χ1n) is 4.22. The average Bonchev–Trinajstić information content (AvgIpc) is 2.14. The lowest BCUT2D eigenvalue weighted by molar-refractivity contribution is 0.0430. The number of aliphatic hydroxyl groups is 1. The van der Waals surface area contributed by atoms with Gasteiger partial charge in [-0.2, -0.15) is 0 Å². The molecule has 0 saturated heterocycles. The van der Waals surface area contributed by atoms with Crippen molar-refractivity contribution in [1.82, 2.24) is 0 Å². The van der Waals surface area contributed by atoms with Crippen LogP contribution in [0.4, 0.5) is 0 Å². The van der Waals surface area contributed by atoms with Gasteiger partial charge in [-0.1, -0.05) is 6.07 Å². The zero-order chi connectivity index (χ0) is 10.6. The number of carbonyl (C=O) groups excluding carboxylic acids is 1. The lowest BCUT2D eigenvalue weighted by Gasteiger charge is -2.05. The lowest BCUT2D eigenvalue weighted by Crippen LogP contribution is -2.08. The molecule has 0 radical (unpaired) electrons. The smallest absolute Gasteiger partial charge is 0.341 e. The van der Waals surface area contributed by atoms with Gasteiger partial charge in [-0.25, -0.2) is 4.79 Å². The van der Waals surface area contributed by atoms with Gasteiger partial charge in [0.05, 0.1) is 6.61 Å². The molecule has 4 heteroatoms. The normalized spacial score (nSPS) is 9.86. The van der Waals surface area contributed by atoms with E-state index in [-0.39, 0.29) is 24.5 Å². The topological polar surface area (TPSA) is 66.8 Å². The van der Waals surface area contributed by atoms with Crippen molar-refractivity contribution in [3.8, 4) is 5.75 Å². The number of aliphatic hydroxyl groups excluding tert-OH is 1. The molecule has 0 atom stereocenters. The third kappa shape index (κ3) is 2.47. The predicted octanol–water partition coefficient (Wildman–Crippen LogP) is 0.850. The summed E-state index contributed by atoms with van der Waals surface area (Å²) < 4.78 is 4.65. The second-order valence-corrected chi connectivity index (χ2v) is 2.88. The van der Waals surface area contributed by atoms with E-state index in [0.29, 0.717) is 0 Å². The van der Waals surface area contributed by atoms with Gasteiger partial charge in [0.2, 0.25) is 0 Å². The average molecular weight is 196 g/mol. The highest BCUT2D eigenvalue weighted by molar-refractivity contribution is 5.92. The van der Waals surface area contributed by atoms with Crippen molar-refractivity contribution in [1.29, 1.82) is 0 Å². The Morgan fingerprint density at radius 1 is 1.50 bits per heavy atom. The van der Waals surface area contributed by atoms with Gasteiger partial charge in [0, 0.05) is 0 Å². The molecule has 14 heavy (non-hydrogen) atoms. The summed E-state index contributed by atoms with van der Waals surface area (Å²) in [6.07, 6.45) is 0. The second-order valence-electron chi connectivity index (χ2n) is 2.88. The zero-order valence-electron chi connectivity index (χ0n) is 7.86. The van der Waals surface area contributed by atoms with Crippen molar-refractivity contribution >= 4 is 5.97 Å². The number of aryl methyl sites for hydroxylation is 1. The van der Waals surface area contributed by atoms with Crippen molar-refractivity contribution in [2.24, 2.45) is 0 Å². The van der Waals surface area contributed by atoms with Crippen LogP contribution in [-0.2, 0) is 4.74 Å². The third-order valence-electron chi connectivity index (χ3n) is 1.70. The largest absolute Gasteiger partial charge is 0.507 e. The molecule has 0 spiro atoms. The predicted molar refractivity (Wildman–Crippen MR) is 50.2 cm³/mol. The molecular weight excluding hydrogens is 184 g/mol. The maximum Gasteiger partial charge on any atom is 0.341 e. The second kappa shape index (κ2) is 4.62. The molecule has 76 valence electrons. The fourth-order valence-electron chi connectivity index (χ4n) is 1.03. The molecule has 0 fully saturated rings. The first kappa shape index (κ1) is 10.5. The maximum absolute atomic E-state index is 11.2. The Balaban J connectivity index is 2.80. The summed E-state index contributed by atoms with van der Waals surface area (Å²) in [7, 11) is 0. The Morgan fingerprint density at radius 3 is 2.79 bits per heavy atom. The van der Waals surface area contributed by atoms with Crippen LogP contribution in [0, 0.1) is 6.92 Å². The quantitative estimate of drug-likeness (QED) is 0.703. The molecule has 0 bridgehead atoms. The molecule has 0 aromatic heterocycles. The molecule has 4 nitrogen and oxygen atoms in total. The Morgan fingerprint density at radius 2 is 2.21 bits per heavy atom. The SMILES string of the molecule is Cc1ccc(C(=O)OCCO)c(O)c1. The number of ether oxygens (including phenoxy) is 1. The number of hydrogen-bond acceptors (Lipinski definition) is 4. The van der Waals surface area contributed by atoms with Crippen LogP contribution < -0.4 is 0 Å². The van der Waals surface area contributed by atoms with Gasteiger partial charge in [0.25, 0.3) is 0 Å². The van der Waals surface area contributed by atoms with Gasteiger partial charge >= 0.3 is 5.97 Å². The Labute approximate surface area is 81.8 Å². The summed E-state index contributed by atoms with van der Waals surface area (Å²) in [5.41, 5.74) is 0.977. The van der Waals surface area contributed by atoms with Gasteiger partial charge in [0.15, 0.2) is 0 Å². The van der Waals surface area contributed by atoms with E-state index in [2.05, 4.69) is 4.74 Å². The van der Waals surface area contributed by atoms with Crippen LogP contribution in [0.5, 0.6) is 5.75 Å². The minimum Gasteiger partial charge on any atom is -0.507 e. The molecule has 1 aromatic rings. The molecule has 0 aliphatic carbocycles. The fraction of sp³-hybridized carbons (Fsp3) is 0.300. The Bertz CT molecular complexity index is 333. The van der Waals surface area contributed by atoms with Crippen LogP contribution in [0.15, 0.2) is 18.2 Å². The summed E-state index contributed by atoms with van der Waals surface area (Å²) in [5, 5.41) is 17.8. The molecule has 1 aromatic carbocycles. The zero-order valence-corrected chi connectivity index (χ0v) is 7.86. The van der Waals surface area contributed by atoms with E-state index in [9.17, 15) is 9.90 Å². The van der Waals surface area contributed by atoms with E-state index in [1.807, 2.05) is 6.92 Å². The van der Waals surface area contributed by atoms with Crippen LogP contribution in [-0.4, -0.2) is 29.4 Å². The van der Waals surface area contributed by atoms with Gasteiger partial charge in [0.1, 0.15) is 17.9 Å². The van der Waals surface area contributed by atoms with Crippen molar-refractivity contribution < 1.29 is 19.7 Å². The number of hydrogen-bond donors (Lipinski definition) is 2. The summed E-state index contributed by atoms with van der Waals surface area (Å²) in [5.74, 6) is -0.732. The highest BCUT2D eigenvalue weighted by atomic mass is 16.5. The first-order valence-corrected chi connectivity index (χ1v) is 4.22.